The highest BCUT2D eigenvalue weighted by Crippen LogP contribution is 2.35. The summed E-state index contributed by atoms with van der Waals surface area (Å²) in [6.45, 7) is 13.8. The maximum atomic E-state index is 4.54. The van der Waals surface area contributed by atoms with Crippen LogP contribution < -0.4 is 0 Å². The first kappa shape index (κ1) is 23.4. The molecule has 2 nitrogen and oxygen atoms in total. The van der Waals surface area contributed by atoms with Crippen LogP contribution in [0.5, 0.6) is 0 Å². The fraction of sp³-hybridized carbons (Fsp3) is 0.481. The Labute approximate surface area is 178 Å². The maximum Gasteiger partial charge on any atom is 0.0433 e. The second kappa shape index (κ2) is 11.3. The van der Waals surface area contributed by atoms with Crippen molar-refractivity contribution in [3.05, 3.63) is 75.4 Å². The van der Waals surface area contributed by atoms with Crippen molar-refractivity contribution >= 4 is 6.08 Å². The number of allylic oxidation sites excluding steroid dienone is 1. The average Bonchev–Trinajstić information content (AvgIpc) is 2.97. The average molecular weight is 394 g/mol. The standard InChI is InChI=1S/C15H19N.C9H12.C3H8O/c1-11-5-7-14-13(11)8-6-12-4-3-9-16(2)10-15(12)14;1-7-4-5-8(2)9(3)6-7;1-3-4-2/h5-8,11H,3-4,9-10H2,1-2H3;4-6H,1-3H3;3H2,1-2H3. The predicted octanol–water partition coefficient (Wildman–Crippen LogP) is 6.46. The Hall–Kier alpha value is -1.90. The van der Waals surface area contributed by atoms with Gasteiger partial charge in [-0.3, -0.25) is 0 Å². The molecule has 0 aromatic heterocycles. The largest absolute Gasteiger partial charge is 0.385 e. The normalized spacial score (nSPS) is 17.3. The van der Waals surface area contributed by atoms with Crippen molar-refractivity contribution in [3.8, 4) is 0 Å². The van der Waals surface area contributed by atoms with Gasteiger partial charge in [-0.1, -0.05) is 55.0 Å². The maximum absolute atomic E-state index is 4.54. The van der Waals surface area contributed by atoms with Gasteiger partial charge in [0.05, 0.1) is 0 Å². The van der Waals surface area contributed by atoms with E-state index in [0.717, 1.165) is 13.2 Å². The van der Waals surface area contributed by atoms with Crippen molar-refractivity contribution in [3.63, 3.8) is 0 Å². The number of aryl methyl sites for hydroxylation is 4. The summed E-state index contributed by atoms with van der Waals surface area (Å²) in [5.74, 6) is 0.605. The lowest BCUT2D eigenvalue weighted by Crippen LogP contribution is -2.17. The first-order valence-electron chi connectivity index (χ1n) is 10.9. The van der Waals surface area contributed by atoms with Gasteiger partial charge in [0.15, 0.2) is 0 Å². The van der Waals surface area contributed by atoms with Crippen LogP contribution in [0.15, 0.2) is 36.4 Å². The monoisotopic (exact) mass is 393 g/mol. The van der Waals surface area contributed by atoms with Gasteiger partial charge in [0.1, 0.15) is 0 Å². The molecule has 29 heavy (non-hydrogen) atoms. The minimum Gasteiger partial charge on any atom is -0.385 e. The lowest BCUT2D eigenvalue weighted by Gasteiger charge is -2.17. The Morgan fingerprint density at radius 3 is 2.41 bits per heavy atom. The summed E-state index contributed by atoms with van der Waals surface area (Å²) in [6, 6.07) is 11.2. The van der Waals surface area contributed by atoms with E-state index < -0.39 is 0 Å². The summed E-state index contributed by atoms with van der Waals surface area (Å²) >= 11 is 0. The van der Waals surface area contributed by atoms with E-state index in [4.69, 9.17) is 0 Å². The number of nitrogens with zero attached hydrogens (tertiary/aromatic N) is 1. The number of hydrogen-bond acceptors (Lipinski definition) is 2. The van der Waals surface area contributed by atoms with E-state index >= 15 is 0 Å². The third kappa shape index (κ3) is 6.55. The highest BCUT2D eigenvalue weighted by atomic mass is 16.5. The SMILES string of the molecule is CC1C=Cc2c1ccc1c2CN(C)CCC1.CCOC.Cc1ccc(C)c(C)c1. The Morgan fingerprint density at radius 1 is 1.07 bits per heavy atom. The smallest absolute Gasteiger partial charge is 0.0433 e. The third-order valence-corrected chi connectivity index (χ3v) is 5.90. The molecule has 158 valence electrons. The number of benzene rings is 2. The third-order valence-electron chi connectivity index (χ3n) is 5.90. The molecule has 2 heteroatoms. The summed E-state index contributed by atoms with van der Waals surface area (Å²) in [4.78, 5) is 2.45. The van der Waals surface area contributed by atoms with E-state index in [-0.39, 0.29) is 0 Å². The molecular formula is C27H39NO. The summed E-state index contributed by atoms with van der Waals surface area (Å²) in [5.41, 5.74) is 10.3. The number of methoxy groups -OCH3 is 1. The lowest BCUT2D eigenvalue weighted by atomic mass is 9.93. The van der Waals surface area contributed by atoms with Crippen molar-refractivity contribution < 1.29 is 4.74 Å². The Bertz CT molecular complexity index is 820. The van der Waals surface area contributed by atoms with Crippen molar-refractivity contribution in [1.82, 2.24) is 4.90 Å². The first-order chi connectivity index (χ1) is 13.9. The van der Waals surface area contributed by atoms with E-state index in [1.807, 2.05) is 6.92 Å². The zero-order valence-electron chi connectivity index (χ0n) is 19.5. The predicted molar refractivity (Wildman–Crippen MR) is 127 cm³/mol. The molecule has 1 aliphatic carbocycles. The summed E-state index contributed by atoms with van der Waals surface area (Å²) in [5, 5.41) is 0. The fourth-order valence-electron chi connectivity index (χ4n) is 3.87. The van der Waals surface area contributed by atoms with Crippen molar-refractivity contribution in [1.29, 1.82) is 0 Å². The van der Waals surface area contributed by atoms with Crippen LogP contribution in [-0.2, 0) is 17.7 Å². The highest BCUT2D eigenvalue weighted by Gasteiger charge is 2.20. The quantitative estimate of drug-likeness (QED) is 0.551. The van der Waals surface area contributed by atoms with Crippen LogP contribution in [0.1, 0.15) is 65.1 Å². The molecule has 0 N–H and O–H groups in total. The van der Waals surface area contributed by atoms with Gasteiger partial charge >= 0.3 is 0 Å². The van der Waals surface area contributed by atoms with Crippen molar-refractivity contribution in [2.75, 3.05) is 27.3 Å². The minimum absolute atomic E-state index is 0.605. The van der Waals surface area contributed by atoms with Gasteiger partial charge in [-0.05, 0) is 93.4 Å². The second-order valence-corrected chi connectivity index (χ2v) is 8.36. The molecule has 0 spiro atoms. The van der Waals surface area contributed by atoms with E-state index in [0.29, 0.717) is 5.92 Å². The summed E-state index contributed by atoms with van der Waals surface area (Å²) in [6.07, 6.45) is 7.20. The Kier molecular flexibility index (Phi) is 9.13. The molecule has 1 atom stereocenters. The van der Waals surface area contributed by atoms with Gasteiger partial charge in [-0.15, -0.1) is 0 Å². The van der Waals surface area contributed by atoms with Gasteiger partial charge in [-0.2, -0.15) is 0 Å². The fourth-order valence-corrected chi connectivity index (χ4v) is 3.87. The Morgan fingerprint density at radius 2 is 1.79 bits per heavy atom. The summed E-state index contributed by atoms with van der Waals surface area (Å²) in [7, 11) is 3.91. The molecule has 0 amide bonds. The topological polar surface area (TPSA) is 12.5 Å². The molecule has 2 aromatic carbocycles. The lowest BCUT2D eigenvalue weighted by molar-refractivity contribution is 0.215. The van der Waals surface area contributed by atoms with Crippen LogP contribution in [0.3, 0.4) is 0 Å². The van der Waals surface area contributed by atoms with E-state index in [2.05, 4.69) is 86.9 Å². The molecule has 1 heterocycles. The summed E-state index contributed by atoms with van der Waals surface area (Å²) < 4.78 is 4.54. The van der Waals surface area contributed by atoms with Crippen LogP contribution >= 0.6 is 0 Å². The van der Waals surface area contributed by atoms with Crippen LogP contribution in [0, 0.1) is 20.8 Å². The van der Waals surface area contributed by atoms with Gasteiger partial charge < -0.3 is 9.64 Å². The van der Waals surface area contributed by atoms with Crippen LogP contribution in [0.4, 0.5) is 0 Å². The second-order valence-electron chi connectivity index (χ2n) is 8.36. The highest BCUT2D eigenvalue weighted by molar-refractivity contribution is 5.67. The zero-order valence-corrected chi connectivity index (χ0v) is 19.5. The van der Waals surface area contributed by atoms with E-state index in [1.54, 1.807) is 18.2 Å². The van der Waals surface area contributed by atoms with Gasteiger partial charge in [0.2, 0.25) is 0 Å². The first-order valence-corrected chi connectivity index (χ1v) is 10.9. The van der Waals surface area contributed by atoms with Crippen LogP contribution in [0.25, 0.3) is 6.08 Å². The molecule has 1 unspecified atom stereocenters. The van der Waals surface area contributed by atoms with Crippen LogP contribution in [0.2, 0.25) is 0 Å². The van der Waals surface area contributed by atoms with E-state index in [9.17, 15) is 0 Å². The number of rotatable bonds is 1. The van der Waals surface area contributed by atoms with Gasteiger partial charge in [-0.25, -0.2) is 0 Å². The van der Waals surface area contributed by atoms with Gasteiger partial charge in [0.25, 0.3) is 0 Å². The number of ether oxygens (including phenoxy) is 1. The molecule has 2 aromatic rings. The molecule has 4 rings (SSSR count). The van der Waals surface area contributed by atoms with Gasteiger partial charge in [0, 0.05) is 20.3 Å². The molecule has 1 aliphatic heterocycles. The van der Waals surface area contributed by atoms with Crippen molar-refractivity contribution in [2.45, 2.75) is 59.9 Å². The van der Waals surface area contributed by atoms with E-state index in [1.165, 1.54) is 47.2 Å². The Balaban J connectivity index is 0.000000195. The number of fused-ring (bicyclic) bond motifs is 3. The molecule has 0 saturated carbocycles. The molecule has 0 bridgehead atoms. The number of hydrogen-bond donors (Lipinski definition) is 0. The zero-order chi connectivity index (χ0) is 21.4. The minimum atomic E-state index is 0.605. The van der Waals surface area contributed by atoms with Crippen LogP contribution in [-0.4, -0.2) is 32.2 Å². The molecule has 0 radical (unpaired) electrons. The molecule has 0 fully saturated rings. The molecule has 0 saturated heterocycles. The van der Waals surface area contributed by atoms with Crippen molar-refractivity contribution in [2.24, 2.45) is 0 Å². The molecule has 2 aliphatic rings. The molecular weight excluding hydrogens is 354 g/mol.